The lowest BCUT2D eigenvalue weighted by Gasteiger charge is -2.09. The first-order valence-electron chi connectivity index (χ1n) is 5.57. The minimum Gasteiger partial charge on any atom is -0.491 e. The highest BCUT2D eigenvalue weighted by Gasteiger charge is 2.04. The van der Waals surface area contributed by atoms with Gasteiger partial charge in [0.15, 0.2) is 11.6 Å². The number of benzene rings is 1. The molecule has 0 spiro atoms. The second kappa shape index (κ2) is 9.42. The third-order valence-electron chi connectivity index (χ3n) is 2.36. The fourth-order valence-corrected chi connectivity index (χ4v) is 1.56. The normalized spacial score (nSPS) is 11.8. The molecule has 1 atom stereocenters. The summed E-state index contributed by atoms with van der Waals surface area (Å²) in [6.07, 6.45) is 2.57. The van der Waals surface area contributed by atoms with Crippen molar-refractivity contribution in [3.8, 4) is 5.75 Å². The van der Waals surface area contributed by atoms with Gasteiger partial charge in [0.1, 0.15) is 5.82 Å². The Balaban J connectivity index is 0.00000289. The smallest absolute Gasteiger partial charge is 0.167 e. The number of hydrogen-bond acceptors (Lipinski definition) is 3. The average Bonchev–Trinajstić information content (AvgIpc) is 2.30. The highest BCUT2D eigenvalue weighted by molar-refractivity contribution is 7.80. The van der Waals surface area contributed by atoms with Gasteiger partial charge in [-0.05, 0) is 31.4 Å². The molecule has 0 saturated heterocycles. The molecule has 0 radical (unpaired) electrons. The maximum atomic E-state index is 13.1. The van der Waals surface area contributed by atoms with Crippen LogP contribution in [-0.2, 0) is 0 Å². The zero-order chi connectivity index (χ0) is 12.7. The molecule has 0 heterocycles. The van der Waals surface area contributed by atoms with Crippen LogP contribution in [0.4, 0.5) is 8.78 Å². The molecule has 0 aliphatic rings. The van der Waals surface area contributed by atoms with E-state index in [1.165, 1.54) is 12.1 Å². The van der Waals surface area contributed by atoms with Crippen molar-refractivity contribution < 1.29 is 13.5 Å². The topological polar surface area (TPSA) is 35.2 Å². The van der Waals surface area contributed by atoms with Crippen LogP contribution in [0.1, 0.15) is 19.3 Å². The summed E-state index contributed by atoms with van der Waals surface area (Å²) in [5.41, 5.74) is 5.69. The second-order valence-electron chi connectivity index (χ2n) is 3.86. The van der Waals surface area contributed by atoms with E-state index in [4.69, 9.17) is 10.5 Å². The quantitative estimate of drug-likeness (QED) is 0.599. The van der Waals surface area contributed by atoms with Crippen LogP contribution in [0.15, 0.2) is 18.2 Å². The van der Waals surface area contributed by atoms with E-state index in [1.807, 2.05) is 0 Å². The van der Waals surface area contributed by atoms with Gasteiger partial charge >= 0.3 is 0 Å². The largest absolute Gasteiger partial charge is 0.491 e. The van der Waals surface area contributed by atoms with Crippen LogP contribution in [0, 0.1) is 11.6 Å². The second-order valence-corrected chi connectivity index (χ2v) is 4.23. The SMILES string of the molecule is Cl.N[C@H](CS)CCCCOc1ccc(F)cc1F. The van der Waals surface area contributed by atoms with Crippen molar-refractivity contribution in [1.29, 1.82) is 0 Å². The molecule has 2 N–H and O–H groups in total. The minimum absolute atomic E-state index is 0. The summed E-state index contributed by atoms with van der Waals surface area (Å²) < 4.78 is 31.0. The van der Waals surface area contributed by atoms with Gasteiger partial charge in [0, 0.05) is 17.9 Å². The molecule has 104 valence electrons. The zero-order valence-electron chi connectivity index (χ0n) is 9.94. The van der Waals surface area contributed by atoms with Gasteiger partial charge in [0.25, 0.3) is 0 Å². The van der Waals surface area contributed by atoms with Crippen LogP contribution >= 0.6 is 25.0 Å². The predicted molar refractivity (Wildman–Crippen MR) is 74.8 cm³/mol. The highest BCUT2D eigenvalue weighted by atomic mass is 35.5. The Morgan fingerprint density at radius 3 is 2.61 bits per heavy atom. The Hall–Kier alpha value is -0.520. The Kier molecular flexibility index (Phi) is 9.14. The number of unbranched alkanes of at least 4 members (excludes halogenated alkanes) is 1. The number of thiol groups is 1. The molecule has 0 amide bonds. The van der Waals surface area contributed by atoms with Crippen molar-refractivity contribution >= 4 is 25.0 Å². The van der Waals surface area contributed by atoms with E-state index in [0.29, 0.717) is 12.4 Å². The van der Waals surface area contributed by atoms with Gasteiger partial charge in [-0.25, -0.2) is 8.78 Å². The number of nitrogens with two attached hydrogens (primary N) is 1. The summed E-state index contributed by atoms with van der Waals surface area (Å²) in [5, 5.41) is 0. The monoisotopic (exact) mass is 297 g/mol. The van der Waals surface area contributed by atoms with E-state index in [-0.39, 0.29) is 24.2 Å². The zero-order valence-corrected chi connectivity index (χ0v) is 11.7. The molecule has 1 aromatic rings. The molecule has 18 heavy (non-hydrogen) atoms. The fraction of sp³-hybridized carbons (Fsp3) is 0.500. The van der Waals surface area contributed by atoms with Crippen molar-refractivity contribution in [2.75, 3.05) is 12.4 Å². The fourth-order valence-electron chi connectivity index (χ4n) is 1.37. The summed E-state index contributed by atoms with van der Waals surface area (Å²) in [7, 11) is 0. The Labute approximate surface area is 118 Å². The third-order valence-corrected chi connectivity index (χ3v) is 2.82. The molecule has 0 aliphatic carbocycles. The summed E-state index contributed by atoms with van der Waals surface area (Å²) >= 11 is 4.08. The number of halogens is 3. The van der Waals surface area contributed by atoms with E-state index in [9.17, 15) is 8.78 Å². The van der Waals surface area contributed by atoms with Crippen molar-refractivity contribution in [3.63, 3.8) is 0 Å². The van der Waals surface area contributed by atoms with Crippen LogP contribution in [0.25, 0.3) is 0 Å². The van der Waals surface area contributed by atoms with Crippen molar-refractivity contribution in [3.05, 3.63) is 29.8 Å². The van der Waals surface area contributed by atoms with Gasteiger partial charge in [0.05, 0.1) is 6.61 Å². The molecule has 0 aromatic heterocycles. The van der Waals surface area contributed by atoms with Gasteiger partial charge in [-0.3, -0.25) is 0 Å². The van der Waals surface area contributed by atoms with Crippen molar-refractivity contribution in [1.82, 2.24) is 0 Å². The lowest BCUT2D eigenvalue weighted by Crippen LogP contribution is -2.21. The van der Waals surface area contributed by atoms with Crippen LogP contribution in [0.2, 0.25) is 0 Å². The van der Waals surface area contributed by atoms with Crippen LogP contribution < -0.4 is 10.5 Å². The van der Waals surface area contributed by atoms with Crippen LogP contribution in [0.3, 0.4) is 0 Å². The molecule has 6 heteroatoms. The third kappa shape index (κ3) is 6.42. The first kappa shape index (κ1) is 17.5. The summed E-state index contributed by atoms with van der Waals surface area (Å²) in [4.78, 5) is 0. The molecule has 0 saturated carbocycles. The molecule has 0 fully saturated rings. The highest BCUT2D eigenvalue weighted by Crippen LogP contribution is 2.17. The summed E-state index contributed by atoms with van der Waals surface area (Å²) in [6.45, 7) is 0.405. The molecular formula is C12H18ClF2NOS. The lowest BCUT2D eigenvalue weighted by atomic mass is 10.1. The Morgan fingerprint density at radius 2 is 2.00 bits per heavy atom. The van der Waals surface area contributed by atoms with Crippen LogP contribution in [0.5, 0.6) is 5.75 Å². The van der Waals surface area contributed by atoms with E-state index in [2.05, 4.69) is 12.6 Å². The maximum absolute atomic E-state index is 13.1. The molecule has 2 nitrogen and oxygen atoms in total. The van der Waals surface area contributed by atoms with Crippen molar-refractivity contribution in [2.45, 2.75) is 25.3 Å². The van der Waals surface area contributed by atoms with Gasteiger partial charge in [-0.15, -0.1) is 12.4 Å². The average molecular weight is 298 g/mol. The molecule has 0 unspecified atom stereocenters. The predicted octanol–water partition coefficient (Wildman–Crippen LogP) is 3.19. The standard InChI is InChI=1S/C12H17F2NOS.ClH/c13-9-4-5-12(11(14)7-9)16-6-2-1-3-10(15)8-17;/h4-5,7,10,17H,1-3,6,8,15H2;1H/t10-;/m0./s1. The molecule has 1 rings (SSSR count). The lowest BCUT2D eigenvalue weighted by molar-refractivity contribution is 0.288. The Bertz CT molecular complexity index is 355. The van der Waals surface area contributed by atoms with E-state index < -0.39 is 11.6 Å². The van der Waals surface area contributed by atoms with Gasteiger partial charge in [0.2, 0.25) is 0 Å². The van der Waals surface area contributed by atoms with Crippen LogP contribution in [-0.4, -0.2) is 18.4 Å². The maximum Gasteiger partial charge on any atom is 0.167 e. The Morgan fingerprint density at radius 1 is 1.28 bits per heavy atom. The molecule has 1 aromatic carbocycles. The minimum atomic E-state index is -0.669. The molecule has 0 aliphatic heterocycles. The number of rotatable bonds is 7. The first-order chi connectivity index (χ1) is 8.13. The molecular weight excluding hydrogens is 280 g/mol. The van der Waals surface area contributed by atoms with E-state index in [1.54, 1.807) is 0 Å². The summed E-state index contributed by atoms with van der Waals surface area (Å²) in [6, 6.07) is 3.38. The van der Waals surface area contributed by atoms with Gasteiger partial charge in [-0.1, -0.05) is 0 Å². The van der Waals surface area contributed by atoms with Gasteiger partial charge < -0.3 is 10.5 Å². The number of hydrogen-bond donors (Lipinski definition) is 2. The van der Waals surface area contributed by atoms with E-state index >= 15 is 0 Å². The molecule has 0 bridgehead atoms. The van der Waals surface area contributed by atoms with Crippen molar-refractivity contribution in [2.24, 2.45) is 5.73 Å². The summed E-state index contributed by atoms with van der Waals surface area (Å²) in [5.74, 6) is -0.524. The van der Waals surface area contributed by atoms with E-state index in [0.717, 1.165) is 25.3 Å². The first-order valence-corrected chi connectivity index (χ1v) is 6.21. The number of ether oxygens (including phenoxy) is 1. The van der Waals surface area contributed by atoms with Gasteiger partial charge in [-0.2, -0.15) is 12.6 Å².